The molecule has 1 atom stereocenters. The SMILES string of the molecule is CN1CCCC1/C=C1/CCCC1=O. The topological polar surface area (TPSA) is 20.3 Å². The fourth-order valence-electron chi connectivity index (χ4n) is 2.29. The maximum atomic E-state index is 11.4. The Labute approximate surface area is 79.6 Å². The van der Waals surface area contributed by atoms with E-state index in [9.17, 15) is 4.79 Å². The number of rotatable bonds is 1. The molecule has 0 aromatic heterocycles. The van der Waals surface area contributed by atoms with E-state index in [0.29, 0.717) is 11.8 Å². The zero-order chi connectivity index (χ0) is 9.26. The normalized spacial score (nSPS) is 33.5. The fourth-order valence-corrected chi connectivity index (χ4v) is 2.29. The molecule has 1 heterocycles. The molecular formula is C11H17NO. The van der Waals surface area contributed by atoms with Crippen LogP contribution in [0.3, 0.4) is 0 Å². The second-order valence-corrected chi connectivity index (χ2v) is 4.16. The fraction of sp³-hybridized carbons (Fsp3) is 0.727. The van der Waals surface area contributed by atoms with E-state index in [2.05, 4.69) is 18.0 Å². The Kier molecular flexibility index (Phi) is 2.49. The number of carbonyl (C=O) groups is 1. The van der Waals surface area contributed by atoms with Gasteiger partial charge in [0, 0.05) is 12.5 Å². The minimum atomic E-state index is 0.389. The average molecular weight is 179 g/mol. The number of likely N-dealkylation sites (N-methyl/N-ethyl adjacent to an activating group) is 1. The molecule has 2 rings (SSSR count). The third kappa shape index (κ3) is 1.83. The number of Topliss-reactive ketones (excluding diaryl/α,β-unsaturated/α-hetero) is 1. The lowest BCUT2D eigenvalue weighted by atomic mass is 10.1. The Balaban J connectivity index is 2.05. The molecule has 2 aliphatic rings. The van der Waals surface area contributed by atoms with Crippen LogP contribution >= 0.6 is 0 Å². The molecule has 0 spiro atoms. The molecule has 0 N–H and O–H groups in total. The van der Waals surface area contributed by atoms with Crippen LogP contribution in [0.5, 0.6) is 0 Å². The lowest BCUT2D eigenvalue weighted by Crippen LogP contribution is -2.23. The molecule has 13 heavy (non-hydrogen) atoms. The molecule has 0 aromatic carbocycles. The van der Waals surface area contributed by atoms with Gasteiger partial charge >= 0.3 is 0 Å². The summed E-state index contributed by atoms with van der Waals surface area (Å²) >= 11 is 0. The largest absolute Gasteiger partial charge is 0.300 e. The van der Waals surface area contributed by atoms with Crippen LogP contribution in [0.15, 0.2) is 11.6 Å². The van der Waals surface area contributed by atoms with Crippen molar-refractivity contribution in [1.29, 1.82) is 0 Å². The number of likely N-dealkylation sites (tertiary alicyclic amines) is 1. The molecule has 1 aliphatic carbocycles. The van der Waals surface area contributed by atoms with Crippen LogP contribution in [0.25, 0.3) is 0 Å². The molecular weight excluding hydrogens is 162 g/mol. The third-order valence-corrected chi connectivity index (χ3v) is 3.18. The van der Waals surface area contributed by atoms with Gasteiger partial charge in [-0.05, 0) is 44.8 Å². The van der Waals surface area contributed by atoms with Gasteiger partial charge in [0.05, 0.1) is 0 Å². The van der Waals surface area contributed by atoms with Crippen LogP contribution in [0.2, 0.25) is 0 Å². The Hall–Kier alpha value is -0.630. The highest BCUT2D eigenvalue weighted by atomic mass is 16.1. The van der Waals surface area contributed by atoms with Crippen LogP contribution in [0.4, 0.5) is 0 Å². The van der Waals surface area contributed by atoms with Gasteiger partial charge in [0.2, 0.25) is 0 Å². The van der Waals surface area contributed by atoms with Crippen LogP contribution in [0.1, 0.15) is 32.1 Å². The summed E-state index contributed by atoms with van der Waals surface area (Å²) in [5, 5.41) is 0. The summed E-state index contributed by atoms with van der Waals surface area (Å²) in [5.41, 5.74) is 1.10. The summed E-state index contributed by atoms with van der Waals surface area (Å²) in [6.45, 7) is 1.18. The van der Waals surface area contributed by atoms with Gasteiger partial charge in [-0.15, -0.1) is 0 Å². The minimum Gasteiger partial charge on any atom is -0.300 e. The van der Waals surface area contributed by atoms with Crippen molar-refractivity contribution in [2.75, 3.05) is 13.6 Å². The van der Waals surface area contributed by atoms with Gasteiger partial charge in [0.25, 0.3) is 0 Å². The standard InChI is InChI=1S/C11H17NO/c1-12-7-3-5-10(12)8-9-4-2-6-11(9)13/h8,10H,2-7H2,1H3/b9-8-. The monoisotopic (exact) mass is 179 g/mol. The van der Waals surface area contributed by atoms with E-state index in [1.165, 1.54) is 19.4 Å². The first-order valence-electron chi connectivity index (χ1n) is 5.21. The molecule has 0 bridgehead atoms. The maximum absolute atomic E-state index is 11.4. The van der Waals surface area contributed by atoms with Crippen molar-refractivity contribution in [2.45, 2.75) is 38.1 Å². The van der Waals surface area contributed by atoms with Gasteiger partial charge in [-0.1, -0.05) is 6.08 Å². The van der Waals surface area contributed by atoms with Crippen molar-refractivity contribution in [3.8, 4) is 0 Å². The van der Waals surface area contributed by atoms with E-state index >= 15 is 0 Å². The van der Waals surface area contributed by atoms with E-state index in [1.54, 1.807) is 0 Å². The Morgan fingerprint density at radius 3 is 2.77 bits per heavy atom. The number of ketones is 1. The van der Waals surface area contributed by atoms with Gasteiger partial charge in [-0.25, -0.2) is 0 Å². The number of carbonyl (C=O) groups excluding carboxylic acids is 1. The molecule has 2 nitrogen and oxygen atoms in total. The lowest BCUT2D eigenvalue weighted by molar-refractivity contribution is -0.114. The molecule has 1 aliphatic heterocycles. The first kappa shape index (κ1) is 8.95. The minimum absolute atomic E-state index is 0.389. The molecule has 0 radical (unpaired) electrons. The highest BCUT2D eigenvalue weighted by molar-refractivity contribution is 5.97. The van der Waals surface area contributed by atoms with Crippen LogP contribution < -0.4 is 0 Å². The van der Waals surface area contributed by atoms with Crippen molar-refractivity contribution in [2.24, 2.45) is 0 Å². The zero-order valence-corrected chi connectivity index (χ0v) is 8.25. The number of hydrogen-bond acceptors (Lipinski definition) is 2. The van der Waals surface area contributed by atoms with Gasteiger partial charge in [-0.2, -0.15) is 0 Å². The summed E-state index contributed by atoms with van der Waals surface area (Å²) in [6.07, 6.45) is 7.58. The van der Waals surface area contributed by atoms with E-state index in [4.69, 9.17) is 0 Å². The van der Waals surface area contributed by atoms with Crippen molar-refractivity contribution in [1.82, 2.24) is 4.90 Å². The predicted octanol–water partition coefficient (Wildman–Crippen LogP) is 1.76. The van der Waals surface area contributed by atoms with Crippen LogP contribution in [-0.2, 0) is 4.79 Å². The Morgan fingerprint density at radius 2 is 2.23 bits per heavy atom. The second kappa shape index (κ2) is 3.62. The van der Waals surface area contributed by atoms with Gasteiger partial charge in [0.15, 0.2) is 5.78 Å². The van der Waals surface area contributed by atoms with E-state index < -0.39 is 0 Å². The Morgan fingerprint density at radius 1 is 1.38 bits per heavy atom. The predicted molar refractivity (Wildman–Crippen MR) is 52.6 cm³/mol. The molecule has 1 saturated carbocycles. The number of nitrogens with zero attached hydrogens (tertiary/aromatic N) is 1. The van der Waals surface area contributed by atoms with E-state index in [-0.39, 0.29) is 0 Å². The van der Waals surface area contributed by atoms with Crippen molar-refractivity contribution < 1.29 is 4.79 Å². The number of hydrogen-bond donors (Lipinski definition) is 0. The van der Waals surface area contributed by atoms with Gasteiger partial charge in [-0.3, -0.25) is 9.69 Å². The van der Waals surface area contributed by atoms with Gasteiger partial charge in [0.1, 0.15) is 0 Å². The van der Waals surface area contributed by atoms with Crippen LogP contribution in [-0.4, -0.2) is 30.3 Å². The molecule has 72 valence electrons. The average Bonchev–Trinajstić information content (AvgIpc) is 2.65. The van der Waals surface area contributed by atoms with E-state index in [1.807, 2.05) is 0 Å². The quantitative estimate of drug-likeness (QED) is 0.572. The zero-order valence-electron chi connectivity index (χ0n) is 8.25. The highest BCUT2D eigenvalue weighted by Gasteiger charge is 2.23. The highest BCUT2D eigenvalue weighted by Crippen LogP contribution is 2.24. The molecule has 1 saturated heterocycles. The van der Waals surface area contributed by atoms with Crippen LogP contribution in [0, 0.1) is 0 Å². The Bertz CT molecular complexity index is 244. The maximum Gasteiger partial charge on any atom is 0.158 e. The molecule has 0 aromatic rings. The third-order valence-electron chi connectivity index (χ3n) is 3.18. The summed E-state index contributed by atoms with van der Waals surface area (Å²) in [5.74, 6) is 0.389. The summed E-state index contributed by atoms with van der Waals surface area (Å²) in [6, 6.07) is 0.539. The molecule has 0 amide bonds. The first-order valence-corrected chi connectivity index (χ1v) is 5.21. The van der Waals surface area contributed by atoms with Crippen molar-refractivity contribution in [3.63, 3.8) is 0 Å². The van der Waals surface area contributed by atoms with E-state index in [0.717, 1.165) is 24.8 Å². The lowest BCUT2D eigenvalue weighted by Gasteiger charge is -2.15. The summed E-state index contributed by atoms with van der Waals surface area (Å²) in [4.78, 5) is 13.7. The van der Waals surface area contributed by atoms with Gasteiger partial charge < -0.3 is 0 Å². The second-order valence-electron chi connectivity index (χ2n) is 4.16. The molecule has 2 fully saturated rings. The summed E-state index contributed by atoms with van der Waals surface area (Å²) < 4.78 is 0. The summed E-state index contributed by atoms with van der Waals surface area (Å²) in [7, 11) is 2.15. The first-order chi connectivity index (χ1) is 6.27. The smallest absolute Gasteiger partial charge is 0.158 e. The van der Waals surface area contributed by atoms with Crippen molar-refractivity contribution in [3.05, 3.63) is 11.6 Å². The molecule has 2 heteroatoms. The number of allylic oxidation sites excluding steroid dienone is 1. The molecule has 1 unspecified atom stereocenters. The van der Waals surface area contributed by atoms with Crippen molar-refractivity contribution >= 4 is 5.78 Å².